The highest BCUT2D eigenvalue weighted by molar-refractivity contribution is 7.83. The van der Waals surface area contributed by atoms with Crippen LogP contribution in [0.1, 0.15) is 38.5 Å². The van der Waals surface area contributed by atoms with Crippen molar-refractivity contribution in [3.05, 3.63) is 0 Å². The molecule has 0 aliphatic carbocycles. The van der Waals surface area contributed by atoms with Gasteiger partial charge in [0.1, 0.15) is 0 Å². The number of hydrogen-bond acceptors (Lipinski definition) is 7. The Labute approximate surface area is 163 Å². The van der Waals surface area contributed by atoms with Crippen LogP contribution < -0.4 is 0 Å². The predicted octanol–water partition coefficient (Wildman–Crippen LogP) is 4.68. The van der Waals surface area contributed by atoms with Crippen LogP contribution in [0, 0.1) is 0 Å². The molecule has 7 heteroatoms. The molecule has 122 valence electrons. The Bertz CT molecular complexity index is 205. The molecule has 0 rings (SSSR count). The van der Waals surface area contributed by atoms with E-state index in [9.17, 15) is 0 Å². The van der Waals surface area contributed by atoms with Gasteiger partial charge in [-0.3, -0.25) is 0 Å². The number of thiol groups is 7. The summed E-state index contributed by atoms with van der Waals surface area (Å²) < 4.78 is 0. The van der Waals surface area contributed by atoms with Gasteiger partial charge in [-0.25, -0.2) is 0 Å². The van der Waals surface area contributed by atoms with E-state index >= 15 is 0 Å². The maximum absolute atomic E-state index is 4.68. The molecule has 4 unspecified atom stereocenters. The standard InChI is InChI=1S/C13H28S7/c14-3-1-9(16)5-11(18)7-13(20)8-12(19)6-10(17)2-4-15/h9-20H,1-8H2. The molecule has 0 radical (unpaired) electrons. The van der Waals surface area contributed by atoms with Crippen molar-refractivity contribution in [2.75, 3.05) is 11.5 Å². The zero-order chi connectivity index (χ0) is 15.5. The summed E-state index contributed by atoms with van der Waals surface area (Å²) in [5.74, 6) is 1.76. The van der Waals surface area contributed by atoms with Crippen molar-refractivity contribution in [3.8, 4) is 0 Å². The summed E-state index contributed by atoms with van der Waals surface area (Å²) in [7, 11) is 0. The van der Waals surface area contributed by atoms with Gasteiger partial charge in [-0.05, 0) is 50.0 Å². The quantitative estimate of drug-likeness (QED) is 0.224. The third-order valence-electron chi connectivity index (χ3n) is 3.10. The van der Waals surface area contributed by atoms with E-state index in [1.807, 2.05) is 0 Å². The van der Waals surface area contributed by atoms with Crippen molar-refractivity contribution in [2.45, 2.75) is 64.8 Å². The summed E-state index contributed by atoms with van der Waals surface area (Å²) in [4.78, 5) is 0. The minimum absolute atomic E-state index is 0.341. The van der Waals surface area contributed by atoms with Gasteiger partial charge in [0.25, 0.3) is 0 Å². The molecule has 0 spiro atoms. The summed E-state index contributed by atoms with van der Waals surface area (Å²) >= 11 is 31.6. The first-order chi connectivity index (χ1) is 9.38. The van der Waals surface area contributed by atoms with Gasteiger partial charge in [0.05, 0.1) is 0 Å². The maximum atomic E-state index is 4.68. The van der Waals surface area contributed by atoms with E-state index in [-0.39, 0.29) is 0 Å². The Morgan fingerprint density at radius 2 is 0.700 bits per heavy atom. The second kappa shape index (κ2) is 13.8. The van der Waals surface area contributed by atoms with Crippen molar-refractivity contribution in [1.29, 1.82) is 0 Å². The molecule has 0 amide bonds. The predicted molar refractivity (Wildman–Crippen MR) is 119 cm³/mol. The Morgan fingerprint density at radius 3 is 0.950 bits per heavy atom. The molecule has 0 nitrogen and oxygen atoms in total. The van der Waals surface area contributed by atoms with Crippen molar-refractivity contribution in [2.24, 2.45) is 0 Å². The largest absolute Gasteiger partial charge is 0.179 e. The first-order valence-corrected chi connectivity index (χ1v) is 10.9. The van der Waals surface area contributed by atoms with E-state index in [2.05, 4.69) is 88.4 Å². The summed E-state index contributed by atoms with van der Waals surface area (Å²) in [6, 6.07) is 0. The first kappa shape index (κ1) is 22.4. The lowest BCUT2D eigenvalue weighted by Crippen LogP contribution is -2.19. The molecular weight excluding hydrogens is 381 g/mol. The molecule has 0 saturated carbocycles. The van der Waals surface area contributed by atoms with Crippen molar-refractivity contribution >= 4 is 88.4 Å². The van der Waals surface area contributed by atoms with Crippen LogP contribution in [-0.2, 0) is 0 Å². The van der Waals surface area contributed by atoms with E-state index in [1.165, 1.54) is 0 Å². The van der Waals surface area contributed by atoms with Gasteiger partial charge in [0, 0.05) is 26.2 Å². The highest BCUT2D eigenvalue weighted by atomic mass is 32.1. The van der Waals surface area contributed by atoms with Crippen molar-refractivity contribution in [3.63, 3.8) is 0 Å². The fourth-order valence-electron chi connectivity index (χ4n) is 2.08. The SMILES string of the molecule is SCCC(S)CC(S)CC(S)CC(S)CC(S)CCS. The normalized spacial score (nSPS) is 19.4. The summed E-state index contributed by atoms with van der Waals surface area (Å²) in [5, 5.41) is 1.82. The Balaban J connectivity index is 3.87. The van der Waals surface area contributed by atoms with E-state index in [0.29, 0.717) is 26.2 Å². The lowest BCUT2D eigenvalue weighted by Gasteiger charge is -2.22. The van der Waals surface area contributed by atoms with E-state index in [0.717, 1.165) is 50.0 Å². The third-order valence-corrected chi connectivity index (χ3v) is 5.82. The topological polar surface area (TPSA) is 0 Å². The van der Waals surface area contributed by atoms with Gasteiger partial charge < -0.3 is 0 Å². The third kappa shape index (κ3) is 12.9. The van der Waals surface area contributed by atoms with Crippen LogP contribution in [0.2, 0.25) is 0 Å². The van der Waals surface area contributed by atoms with Crippen LogP contribution in [0.3, 0.4) is 0 Å². The molecule has 0 N–H and O–H groups in total. The Kier molecular flexibility index (Phi) is 15.5. The molecule has 0 saturated heterocycles. The van der Waals surface area contributed by atoms with Crippen LogP contribution in [0.4, 0.5) is 0 Å². The molecule has 0 aliphatic heterocycles. The minimum atomic E-state index is 0.341. The second-order valence-electron chi connectivity index (χ2n) is 5.24. The molecule has 0 bridgehead atoms. The number of hydrogen-bond donors (Lipinski definition) is 7. The Hall–Kier alpha value is 2.45. The van der Waals surface area contributed by atoms with Gasteiger partial charge in [0.15, 0.2) is 0 Å². The zero-order valence-corrected chi connectivity index (χ0v) is 17.9. The van der Waals surface area contributed by atoms with Crippen LogP contribution >= 0.6 is 88.4 Å². The van der Waals surface area contributed by atoms with Crippen LogP contribution in [-0.4, -0.2) is 37.8 Å². The molecule has 0 fully saturated rings. The molecule has 0 aliphatic rings. The summed E-state index contributed by atoms with van der Waals surface area (Å²) in [6.07, 6.45) is 6.07. The molecule has 20 heavy (non-hydrogen) atoms. The first-order valence-electron chi connectivity index (χ1n) is 7.01. The van der Waals surface area contributed by atoms with Gasteiger partial charge in [0.2, 0.25) is 0 Å². The van der Waals surface area contributed by atoms with Gasteiger partial charge >= 0.3 is 0 Å². The van der Waals surface area contributed by atoms with Crippen LogP contribution in [0.15, 0.2) is 0 Å². The average molecular weight is 409 g/mol. The lowest BCUT2D eigenvalue weighted by atomic mass is 10.0. The van der Waals surface area contributed by atoms with Crippen molar-refractivity contribution < 1.29 is 0 Å². The monoisotopic (exact) mass is 408 g/mol. The fraction of sp³-hybridized carbons (Fsp3) is 1.00. The zero-order valence-electron chi connectivity index (χ0n) is 11.7. The molecule has 0 aromatic carbocycles. The highest BCUT2D eigenvalue weighted by Crippen LogP contribution is 2.25. The molecule has 0 aromatic heterocycles. The average Bonchev–Trinajstić information content (AvgIpc) is 2.27. The lowest BCUT2D eigenvalue weighted by molar-refractivity contribution is 0.597. The van der Waals surface area contributed by atoms with E-state index in [4.69, 9.17) is 0 Å². The highest BCUT2D eigenvalue weighted by Gasteiger charge is 2.18. The van der Waals surface area contributed by atoms with Crippen LogP contribution in [0.5, 0.6) is 0 Å². The summed E-state index contributed by atoms with van der Waals surface area (Å²) in [6.45, 7) is 0. The van der Waals surface area contributed by atoms with Gasteiger partial charge in [-0.2, -0.15) is 88.4 Å². The summed E-state index contributed by atoms with van der Waals surface area (Å²) in [5.41, 5.74) is 0. The minimum Gasteiger partial charge on any atom is -0.179 e. The Morgan fingerprint density at radius 1 is 0.450 bits per heavy atom. The fourth-order valence-corrected chi connectivity index (χ4v) is 6.07. The smallest absolute Gasteiger partial charge is 0.00376 e. The van der Waals surface area contributed by atoms with Gasteiger partial charge in [-0.15, -0.1) is 0 Å². The molecule has 0 aromatic rings. The molecule has 0 heterocycles. The van der Waals surface area contributed by atoms with E-state index < -0.39 is 0 Å². The molecular formula is C13H28S7. The van der Waals surface area contributed by atoms with Crippen LogP contribution in [0.25, 0.3) is 0 Å². The number of rotatable bonds is 12. The molecule has 4 atom stereocenters. The van der Waals surface area contributed by atoms with E-state index in [1.54, 1.807) is 0 Å². The second-order valence-corrected chi connectivity index (χ2v) is 9.78. The maximum Gasteiger partial charge on any atom is 0.00376 e. The van der Waals surface area contributed by atoms with Crippen molar-refractivity contribution in [1.82, 2.24) is 0 Å². The van der Waals surface area contributed by atoms with Gasteiger partial charge in [-0.1, -0.05) is 0 Å².